The summed E-state index contributed by atoms with van der Waals surface area (Å²) in [4.78, 5) is 10.4. The summed E-state index contributed by atoms with van der Waals surface area (Å²) >= 11 is 0. The number of carboxylic acids is 1. The first-order valence-corrected chi connectivity index (χ1v) is 3.41. The monoisotopic (exact) mass is 152 g/mol. The summed E-state index contributed by atoms with van der Waals surface area (Å²) < 4.78 is 0. The Hall–Kier alpha value is -1.31. The third-order valence-electron chi connectivity index (χ3n) is 1.06. The van der Waals surface area contributed by atoms with Gasteiger partial charge < -0.3 is 5.11 Å². The maximum absolute atomic E-state index is 10.4. The van der Waals surface area contributed by atoms with Gasteiger partial charge in [0.05, 0.1) is 5.57 Å². The van der Waals surface area contributed by atoms with E-state index in [4.69, 9.17) is 5.11 Å². The van der Waals surface area contributed by atoms with E-state index in [1.54, 1.807) is 37.3 Å². The first kappa shape index (κ1) is 9.69. The number of hydrogen-bond donors (Lipinski definition) is 1. The predicted molar refractivity (Wildman–Crippen MR) is 45.3 cm³/mol. The maximum Gasteiger partial charge on any atom is 0.335 e. The molecule has 60 valence electrons. The highest BCUT2D eigenvalue weighted by molar-refractivity contribution is 5.90. The molecule has 2 nitrogen and oxygen atoms in total. The van der Waals surface area contributed by atoms with E-state index in [9.17, 15) is 4.79 Å². The smallest absolute Gasteiger partial charge is 0.335 e. The number of carboxylic acid groups (broad SMARTS) is 1. The molecule has 0 aromatic heterocycles. The van der Waals surface area contributed by atoms with E-state index < -0.39 is 5.97 Å². The van der Waals surface area contributed by atoms with Gasteiger partial charge in [-0.3, -0.25) is 0 Å². The highest BCUT2D eigenvalue weighted by Gasteiger charge is 1.98. The lowest BCUT2D eigenvalue weighted by Gasteiger charge is -1.89. The molecule has 0 saturated heterocycles. The average Bonchev–Trinajstić information content (AvgIpc) is 1.97. The summed E-state index contributed by atoms with van der Waals surface area (Å²) in [6, 6.07) is 0. The second-order valence-electron chi connectivity index (χ2n) is 1.95. The summed E-state index contributed by atoms with van der Waals surface area (Å²) in [5, 5.41) is 8.58. The molecule has 0 amide bonds. The molecule has 0 unspecified atom stereocenters. The van der Waals surface area contributed by atoms with Crippen LogP contribution in [0.15, 0.2) is 36.0 Å². The number of aliphatic carboxylic acids is 1. The van der Waals surface area contributed by atoms with Gasteiger partial charge in [0, 0.05) is 0 Å². The van der Waals surface area contributed by atoms with Crippen LogP contribution in [0.2, 0.25) is 0 Å². The molecule has 0 heterocycles. The van der Waals surface area contributed by atoms with E-state index >= 15 is 0 Å². The molecule has 0 bridgehead atoms. The lowest BCUT2D eigenvalue weighted by Crippen LogP contribution is -1.96. The third kappa shape index (κ3) is 4.14. The van der Waals surface area contributed by atoms with Crippen LogP contribution >= 0.6 is 0 Å². The standard InChI is InChI=1S/C9H12O2/c1-3-5-7-8(6-4-2)9(10)11/h3-7H,1-2H3,(H,10,11). The molecule has 1 N–H and O–H groups in total. The summed E-state index contributed by atoms with van der Waals surface area (Å²) in [5.41, 5.74) is 0.297. The molecule has 11 heavy (non-hydrogen) atoms. The fraction of sp³-hybridized carbons (Fsp3) is 0.222. The van der Waals surface area contributed by atoms with Crippen LogP contribution < -0.4 is 0 Å². The average molecular weight is 152 g/mol. The van der Waals surface area contributed by atoms with Crippen LogP contribution in [0.5, 0.6) is 0 Å². The van der Waals surface area contributed by atoms with Gasteiger partial charge in [0.25, 0.3) is 0 Å². The second-order valence-corrected chi connectivity index (χ2v) is 1.95. The van der Waals surface area contributed by atoms with Crippen molar-refractivity contribution >= 4 is 5.97 Å². The Morgan fingerprint density at radius 1 is 1.27 bits per heavy atom. The van der Waals surface area contributed by atoms with Crippen LogP contribution in [0.25, 0.3) is 0 Å². The summed E-state index contributed by atoms with van der Waals surface area (Å²) in [7, 11) is 0. The Morgan fingerprint density at radius 2 is 1.91 bits per heavy atom. The molecule has 0 radical (unpaired) electrons. The predicted octanol–water partition coefficient (Wildman–Crippen LogP) is 2.15. The molecule has 0 spiro atoms. The lowest BCUT2D eigenvalue weighted by molar-refractivity contribution is -0.132. The largest absolute Gasteiger partial charge is 0.478 e. The normalized spacial score (nSPS) is 13.1. The van der Waals surface area contributed by atoms with Crippen LogP contribution in [0, 0.1) is 0 Å². The number of hydrogen-bond acceptors (Lipinski definition) is 1. The van der Waals surface area contributed by atoms with E-state index in [2.05, 4.69) is 0 Å². The van der Waals surface area contributed by atoms with E-state index in [1.807, 2.05) is 6.92 Å². The van der Waals surface area contributed by atoms with Crippen molar-refractivity contribution in [3.63, 3.8) is 0 Å². The van der Waals surface area contributed by atoms with Crippen LogP contribution in [-0.4, -0.2) is 11.1 Å². The lowest BCUT2D eigenvalue weighted by atomic mass is 10.2. The van der Waals surface area contributed by atoms with Crippen molar-refractivity contribution < 1.29 is 9.90 Å². The summed E-state index contributed by atoms with van der Waals surface area (Å²) in [6.45, 7) is 3.62. The van der Waals surface area contributed by atoms with E-state index in [-0.39, 0.29) is 0 Å². The highest BCUT2D eigenvalue weighted by atomic mass is 16.4. The molecule has 2 heteroatoms. The summed E-state index contributed by atoms with van der Waals surface area (Å²) in [6.07, 6.45) is 8.30. The van der Waals surface area contributed by atoms with Gasteiger partial charge in [-0.25, -0.2) is 4.79 Å². The SMILES string of the molecule is CC=CC=C(C=CC)C(=O)O. The van der Waals surface area contributed by atoms with Crippen molar-refractivity contribution in [1.29, 1.82) is 0 Å². The van der Waals surface area contributed by atoms with Gasteiger partial charge in [0.15, 0.2) is 0 Å². The van der Waals surface area contributed by atoms with Gasteiger partial charge >= 0.3 is 5.97 Å². The second kappa shape index (κ2) is 5.47. The molecule has 0 aliphatic rings. The minimum Gasteiger partial charge on any atom is -0.478 e. The topological polar surface area (TPSA) is 37.3 Å². The minimum absolute atomic E-state index is 0.297. The van der Waals surface area contributed by atoms with Gasteiger partial charge in [-0.15, -0.1) is 0 Å². The number of carbonyl (C=O) groups is 1. The van der Waals surface area contributed by atoms with E-state index in [0.29, 0.717) is 5.57 Å². The molecule has 0 aliphatic heterocycles. The zero-order valence-electron chi connectivity index (χ0n) is 6.74. The van der Waals surface area contributed by atoms with Crippen molar-refractivity contribution in [3.8, 4) is 0 Å². The quantitative estimate of drug-likeness (QED) is 0.497. The Kier molecular flexibility index (Phi) is 4.82. The van der Waals surface area contributed by atoms with E-state index in [1.165, 1.54) is 0 Å². The van der Waals surface area contributed by atoms with Gasteiger partial charge in [-0.1, -0.05) is 24.3 Å². The Labute approximate surface area is 66.5 Å². The number of rotatable bonds is 3. The molecule has 0 aromatic rings. The molecule has 0 atom stereocenters. The Balaban J connectivity index is 4.45. The van der Waals surface area contributed by atoms with Crippen molar-refractivity contribution in [1.82, 2.24) is 0 Å². The van der Waals surface area contributed by atoms with Crippen molar-refractivity contribution in [2.45, 2.75) is 13.8 Å². The molecule has 0 aromatic carbocycles. The third-order valence-corrected chi connectivity index (χ3v) is 1.06. The van der Waals surface area contributed by atoms with Crippen LogP contribution in [0.3, 0.4) is 0 Å². The number of allylic oxidation sites excluding steroid dienone is 4. The molecular weight excluding hydrogens is 140 g/mol. The fourth-order valence-electron chi connectivity index (χ4n) is 0.578. The van der Waals surface area contributed by atoms with E-state index in [0.717, 1.165) is 0 Å². The molecular formula is C9H12O2. The van der Waals surface area contributed by atoms with Gasteiger partial charge in [0.1, 0.15) is 0 Å². The Bertz CT molecular complexity index is 210. The fourth-order valence-corrected chi connectivity index (χ4v) is 0.578. The van der Waals surface area contributed by atoms with Gasteiger partial charge in [0.2, 0.25) is 0 Å². The zero-order valence-corrected chi connectivity index (χ0v) is 6.74. The van der Waals surface area contributed by atoms with Crippen molar-refractivity contribution in [2.24, 2.45) is 0 Å². The van der Waals surface area contributed by atoms with Crippen LogP contribution in [0.1, 0.15) is 13.8 Å². The van der Waals surface area contributed by atoms with Crippen LogP contribution in [-0.2, 0) is 4.79 Å². The molecule has 0 fully saturated rings. The zero-order chi connectivity index (χ0) is 8.69. The van der Waals surface area contributed by atoms with Crippen molar-refractivity contribution in [3.05, 3.63) is 36.0 Å². The van der Waals surface area contributed by atoms with Crippen LogP contribution in [0.4, 0.5) is 0 Å². The van der Waals surface area contributed by atoms with Gasteiger partial charge in [-0.2, -0.15) is 0 Å². The maximum atomic E-state index is 10.4. The van der Waals surface area contributed by atoms with Crippen molar-refractivity contribution in [2.75, 3.05) is 0 Å². The molecule has 0 aliphatic carbocycles. The first-order chi connectivity index (χ1) is 5.22. The Morgan fingerprint density at radius 3 is 2.27 bits per heavy atom. The minimum atomic E-state index is -0.902. The van der Waals surface area contributed by atoms with Gasteiger partial charge in [-0.05, 0) is 19.9 Å². The summed E-state index contributed by atoms with van der Waals surface area (Å²) in [5.74, 6) is -0.902. The molecule has 0 rings (SSSR count). The molecule has 0 saturated carbocycles. The highest BCUT2D eigenvalue weighted by Crippen LogP contribution is 1.97. The first-order valence-electron chi connectivity index (χ1n) is 3.41.